The van der Waals surface area contributed by atoms with E-state index in [1.54, 1.807) is 6.07 Å². The van der Waals surface area contributed by atoms with E-state index in [0.29, 0.717) is 5.56 Å². The maximum absolute atomic E-state index is 13.4. The summed E-state index contributed by atoms with van der Waals surface area (Å²) in [5, 5.41) is 12.7. The number of non-ortho nitro benzene ring substituents is 1. The van der Waals surface area contributed by atoms with Crippen LogP contribution in [0.25, 0.3) is 6.08 Å². The number of para-hydroxylation sites is 1. The first-order chi connectivity index (χ1) is 10.5. The van der Waals surface area contributed by atoms with Crippen molar-refractivity contribution in [1.82, 2.24) is 0 Å². The Balaban J connectivity index is 2.12. The largest absolute Gasteiger partial charge is 0.318 e. The Morgan fingerprint density at radius 2 is 1.77 bits per heavy atom. The lowest BCUT2D eigenvalue weighted by atomic mass is 10.2. The van der Waals surface area contributed by atoms with Crippen molar-refractivity contribution in [2.45, 2.75) is 0 Å². The minimum absolute atomic E-state index is 0.122. The van der Waals surface area contributed by atoms with Crippen molar-refractivity contribution < 1.29 is 18.5 Å². The van der Waals surface area contributed by atoms with Gasteiger partial charge in [-0.25, -0.2) is 8.78 Å². The highest BCUT2D eigenvalue weighted by Gasteiger charge is 2.10. The summed E-state index contributed by atoms with van der Waals surface area (Å²) >= 11 is 0. The third kappa shape index (κ3) is 3.72. The van der Waals surface area contributed by atoms with Gasteiger partial charge in [0.25, 0.3) is 5.69 Å². The van der Waals surface area contributed by atoms with Crippen LogP contribution in [0.4, 0.5) is 20.2 Å². The van der Waals surface area contributed by atoms with Gasteiger partial charge in [-0.15, -0.1) is 0 Å². The molecule has 0 saturated carbocycles. The molecule has 0 spiro atoms. The summed E-state index contributed by atoms with van der Waals surface area (Å²) in [5.41, 5.74) is -0.253. The van der Waals surface area contributed by atoms with Gasteiger partial charge in [0.05, 0.1) is 4.92 Å². The topological polar surface area (TPSA) is 72.2 Å². The Hall–Kier alpha value is -3.09. The standard InChI is InChI=1S/C15H10F2N2O3/c16-12-5-2-6-13(17)15(12)18-14(20)8-7-10-3-1-4-11(9-10)19(21)22/h1-9H,(H,18,20)/b8-7+. The van der Waals surface area contributed by atoms with Crippen LogP contribution >= 0.6 is 0 Å². The van der Waals surface area contributed by atoms with Crippen molar-refractivity contribution in [2.75, 3.05) is 5.32 Å². The molecule has 22 heavy (non-hydrogen) atoms. The monoisotopic (exact) mass is 304 g/mol. The summed E-state index contributed by atoms with van der Waals surface area (Å²) in [6.07, 6.45) is 2.34. The summed E-state index contributed by atoms with van der Waals surface area (Å²) in [4.78, 5) is 21.7. The van der Waals surface area contributed by atoms with Gasteiger partial charge in [-0.3, -0.25) is 14.9 Å². The fraction of sp³-hybridized carbons (Fsp3) is 0. The number of rotatable bonds is 4. The van der Waals surface area contributed by atoms with E-state index >= 15 is 0 Å². The fourth-order valence-electron chi connectivity index (χ4n) is 1.70. The smallest absolute Gasteiger partial charge is 0.270 e. The van der Waals surface area contributed by atoms with Crippen LogP contribution in [0.5, 0.6) is 0 Å². The molecule has 112 valence electrons. The molecule has 1 N–H and O–H groups in total. The second-order valence-electron chi connectivity index (χ2n) is 4.27. The number of nitrogens with one attached hydrogen (secondary N) is 1. The molecular weight excluding hydrogens is 294 g/mol. The van der Waals surface area contributed by atoms with E-state index in [0.717, 1.165) is 18.2 Å². The zero-order valence-corrected chi connectivity index (χ0v) is 11.1. The Morgan fingerprint density at radius 3 is 2.41 bits per heavy atom. The quantitative estimate of drug-likeness (QED) is 0.533. The van der Waals surface area contributed by atoms with E-state index in [4.69, 9.17) is 0 Å². The molecule has 0 aliphatic rings. The third-order valence-corrected chi connectivity index (χ3v) is 2.72. The Kier molecular flexibility index (Phi) is 4.57. The number of halogens is 2. The molecule has 0 unspecified atom stereocenters. The number of benzene rings is 2. The van der Waals surface area contributed by atoms with Gasteiger partial charge in [-0.2, -0.15) is 0 Å². The maximum atomic E-state index is 13.4. The van der Waals surface area contributed by atoms with Gasteiger partial charge in [0.2, 0.25) is 5.91 Å². The van der Waals surface area contributed by atoms with Crippen molar-refractivity contribution >= 4 is 23.4 Å². The van der Waals surface area contributed by atoms with Gasteiger partial charge >= 0.3 is 0 Å². The maximum Gasteiger partial charge on any atom is 0.270 e. The minimum Gasteiger partial charge on any atom is -0.318 e. The van der Waals surface area contributed by atoms with Gasteiger partial charge in [0.15, 0.2) is 0 Å². The Morgan fingerprint density at radius 1 is 1.14 bits per heavy atom. The van der Waals surface area contributed by atoms with Crippen LogP contribution in [0.3, 0.4) is 0 Å². The Bertz CT molecular complexity index is 740. The first kappa shape index (κ1) is 15.3. The number of hydrogen-bond acceptors (Lipinski definition) is 3. The number of carbonyl (C=O) groups is 1. The number of nitro benzene ring substituents is 1. The average molecular weight is 304 g/mol. The van der Waals surface area contributed by atoms with Crippen molar-refractivity contribution in [3.05, 3.63) is 75.9 Å². The molecule has 0 bridgehead atoms. The van der Waals surface area contributed by atoms with Crippen molar-refractivity contribution in [3.63, 3.8) is 0 Å². The van der Waals surface area contributed by atoms with Crippen LogP contribution in [0.1, 0.15) is 5.56 Å². The minimum atomic E-state index is -0.892. The lowest BCUT2D eigenvalue weighted by Crippen LogP contribution is -2.10. The van der Waals surface area contributed by atoms with E-state index < -0.39 is 28.2 Å². The van der Waals surface area contributed by atoms with Crippen molar-refractivity contribution in [2.24, 2.45) is 0 Å². The lowest BCUT2D eigenvalue weighted by molar-refractivity contribution is -0.384. The molecule has 0 aliphatic carbocycles. The molecule has 0 aliphatic heterocycles. The number of anilines is 1. The van der Waals surface area contributed by atoms with Crippen molar-refractivity contribution in [3.8, 4) is 0 Å². The molecule has 2 rings (SSSR count). The van der Waals surface area contributed by atoms with E-state index in [9.17, 15) is 23.7 Å². The molecular formula is C15H10F2N2O3. The van der Waals surface area contributed by atoms with Crippen LogP contribution in [0.15, 0.2) is 48.5 Å². The number of nitro groups is 1. The first-order valence-electron chi connectivity index (χ1n) is 6.15. The molecule has 0 radical (unpaired) electrons. The van der Waals surface area contributed by atoms with Crippen LogP contribution in [0.2, 0.25) is 0 Å². The average Bonchev–Trinajstić information content (AvgIpc) is 2.49. The zero-order chi connectivity index (χ0) is 16.1. The molecule has 2 aromatic rings. The van der Waals surface area contributed by atoms with Crippen LogP contribution in [0, 0.1) is 21.7 Å². The first-order valence-corrected chi connectivity index (χ1v) is 6.15. The molecule has 0 heterocycles. The van der Waals surface area contributed by atoms with Gasteiger partial charge in [0, 0.05) is 18.2 Å². The number of hydrogen-bond donors (Lipinski definition) is 1. The second-order valence-corrected chi connectivity index (χ2v) is 4.27. The summed E-state index contributed by atoms with van der Waals surface area (Å²) in [7, 11) is 0. The third-order valence-electron chi connectivity index (χ3n) is 2.72. The molecule has 1 amide bonds. The van der Waals surface area contributed by atoms with E-state index in [1.165, 1.54) is 30.3 Å². The van der Waals surface area contributed by atoms with Crippen LogP contribution < -0.4 is 5.32 Å². The fourth-order valence-corrected chi connectivity index (χ4v) is 1.70. The second kappa shape index (κ2) is 6.57. The number of nitrogens with zero attached hydrogens (tertiary/aromatic N) is 1. The molecule has 5 nitrogen and oxygen atoms in total. The Labute approximate surface area is 124 Å². The van der Waals surface area contributed by atoms with E-state index in [-0.39, 0.29) is 5.69 Å². The number of amides is 1. The van der Waals surface area contributed by atoms with Crippen LogP contribution in [-0.2, 0) is 4.79 Å². The van der Waals surface area contributed by atoms with Gasteiger partial charge in [0.1, 0.15) is 17.3 Å². The predicted octanol–water partition coefficient (Wildman–Crippen LogP) is 3.52. The summed E-state index contributed by atoms with van der Waals surface area (Å²) < 4.78 is 26.7. The summed E-state index contributed by atoms with van der Waals surface area (Å²) in [6, 6.07) is 8.82. The number of carbonyl (C=O) groups excluding carboxylic acids is 1. The van der Waals surface area contributed by atoms with Gasteiger partial charge < -0.3 is 5.32 Å². The van der Waals surface area contributed by atoms with E-state index in [1.807, 2.05) is 0 Å². The lowest BCUT2D eigenvalue weighted by Gasteiger charge is -2.04. The highest BCUT2D eigenvalue weighted by Crippen LogP contribution is 2.18. The predicted molar refractivity (Wildman–Crippen MR) is 77.1 cm³/mol. The van der Waals surface area contributed by atoms with E-state index in [2.05, 4.69) is 5.32 Å². The normalized spacial score (nSPS) is 10.6. The summed E-state index contributed by atoms with van der Waals surface area (Å²) in [5.74, 6) is -2.54. The molecule has 0 saturated heterocycles. The van der Waals surface area contributed by atoms with Gasteiger partial charge in [-0.1, -0.05) is 18.2 Å². The molecule has 2 aromatic carbocycles. The molecule has 0 fully saturated rings. The highest BCUT2D eigenvalue weighted by molar-refractivity contribution is 6.02. The van der Waals surface area contributed by atoms with Gasteiger partial charge in [-0.05, 0) is 23.8 Å². The highest BCUT2D eigenvalue weighted by atomic mass is 19.1. The van der Waals surface area contributed by atoms with Crippen LogP contribution in [-0.4, -0.2) is 10.8 Å². The molecule has 0 aromatic heterocycles. The zero-order valence-electron chi connectivity index (χ0n) is 11.1. The summed E-state index contributed by atoms with van der Waals surface area (Å²) in [6.45, 7) is 0. The van der Waals surface area contributed by atoms with Crippen molar-refractivity contribution in [1.29, 1.82) is 0 Å². The molecule has 7 heteroatoms. The molecule has 0 atom stereocenters. The SMILES string of the molecule is O=C(/C=C/c1cccc([N+](=O)[O-])c1)Nc1c(F)cccc1F.